The van der Waals surface area contributed by atoms with Crippen LogP contribution in [0.1, 0.15) is 25.1 Å². The van der Waals surface area contributed by atoms with Crippen molar-refractivity contribution in [1.29, 1.82) is 0 Å². The minimum Gasteiger partial charge on any atom is -0.379 e. The van der Waals surface area contributed by atoms with Gasteiger partial charge in [-0.1, -0.05) is 13.8 Å². The van der Waals surface area contributed by atoms with Crippen LogP contribution in [0.25, 0.3) is 0 Å². The van der Waals surface area contributed by atoms with Gasteiger partial charge in [0.2, 0.25) is 0 Å². The smallest absolute Gasteiger partial charge is 0.191 e. The molecular weight excluding hydrogens is 388 g/mol. The molecule has 1 saturated heterocycles. The molecule has 0 aliphatic carbocycles. The van der Waals surface area contributed by atoms with Gasteiger partial charge in [-0.15, -0.1) is 11.3 Å². The van der Waals surface area contributed by atoms with Crippen LogP contribution in [0.5, 0.6) is 0 Å². The predicted molar refractivity (Wildman–Crippen MR) is 106 cm³/mol. The Morgan fingerprint density at radius 1 is 1.38 bits per heavy atom. The molecule has 2 N–H and O–H groups in total. The number of guanidine groups is 1. The highest BCUT2D eigenvalue weighted by Gasteiger charge is 2.22. The average molecular weight is 417 g/mol. The first kappa shape index (κ1) is 19.7. The van der Waals surface area contributed by atoms with Gasteiger partial charge in [-0.05, 0) is 34.3 Å². The number of ether oxygens (including phenoxy) is 1. The average Bonchev–Trinajstić information content (AvgIpc) is 2.99. The fraction of sp³-hybridized carbons (Fsp3) is 0.706. The number of hydrogen-bond donors (Lipinski definition) is 2. The van der Waals surface area contributed by atoms with Crippen LogP contribution in [0.2, 0.25) is 0 Å². The molecular formula is C17H29BrN4OS. The Morgan fingerprint density at radius 2 is 2.12 bits per heavy atom. The van der Waals surface area contributed by atoms with Crippen LogP contribution in [0, 0.1) is 5.92 Å². The van der Waals surface area contributed by atoms with Crippen molar-refractivity contribution in [1.82, 2.24) is 15.5 Å². The molecule has 7 heteroatoms. The first-order valence-electron chi connectivity index (χ1n) is 8.57. The second-order valence-corrected chi connectivity index (χ2v) is 8.38. The summed E-state index contributed by atoms with van der Waals surface area (Å²) in [7, 11) is 1.83. The zero-order chi connectivity index (χ0) is 17.4. The number of halogens is 1. The summed E-state index contributed by atoms with van der Waals surface area (Å²) >= 11 is 5.24. The van der Waals surface area contributed by atoms with E-state index in [-0.39, 0.29) is 0 Å². The lowest BCUT2D eigenvalue weighted by molar-refractivity contribution is 0.0132. The van der Waals surface area contributed by atoms with Crippen LogP contribution in [-0.2, 0) is 11.3 Å². The van der Waals surface area contributed by atoms with Crippen molar-refractivity contribution in [2.45, 2.75) is 32.9 Å². The normalized spacial score (nSPS) is 18.0. The SMILES string of the molecule is CN=C(NCc1cc(Br)cs1)NCC(CC(C)C)N1CCOCC1. The lowest BCUT2D eigenvalue weighted by Gasteiger charge is -2.35. The van der Waals surface area contributed by atoms with Crippen molar-refractivity contribution >= 4 is 33.2 Å². The van der Waals surface area contributed by atoms with E-state index in [4.69, 9.17) is 4.74 Å². The maximum atomic E-state index is 5.49. The second-order valence-electron chi connectivity index (χ2n) is 6.47. The fourth-order valence-electron chi connectivity index (χ4n) is 2.90. The quantitative estimate of drug-likeness (QED) is 0.529. The lowest BCUT2D eigenvalue weighted by atomic mass is 10.0. The molecule has 0 bridgehead atoms. The molecule has 0 saturated carbocycles. The summed E-state index contributed by atoms with van der Waals surface area (Å²) in [6.07, 6.45) is 1.18. The summed E-state index contributed by atoms with van der Waals surface area (Å²) in [6, 6.07) is 2.66. The number of hydrogen-bond acceptors (Lipinski definition) is 4. The van der Waals surface area contributed by atoms with Gasteiger partial charge in [0.15, 0.2) is 5.96 Å². The summed E-state index contributed by atoms with van der Waals surface area (Å²) < 4.78 is 6.63. The van der Waals surface area contributed by atoms with E-state index in [1.807, 2.05) is 7.05 Å². The van der Waals surface area contributed by atoms with E-state index < -0.39 is 0 Å². The molecule has 1 aliphatic rings. The van der Waals surface area contributed by atoms with Gasteiger partial charge in [0.1, 0.15) is 0 Å². The molecule has 0 aromatic carbocycles. The van der Waals surface area contributed by atoms with Crippen molar-refractivity contribution in [3.63, 3.8) is 0 Å². The molecule has 136 valence electrons. The summed E-state index contributed by atoms with van der Waals surface area (Å²) in [4.78, 5) is 8.18. The third-order valence-corrected chi connectivity index (χ3v) is 5.78. The van der Waals surface area contributed by atoms with Gasteiger partial charge < -0.3 is 15.4 Å². The minimum atomic E-state index is 0.517. The van der Waals surface area contributed by atoms with E-state index in [1.165, 1.54) is 11.3 Å². The number of aliphatic imine (C=N–C) groups is 1. The molecule has 1 aromatic rings. The van der Waals surface area contributed by atoms with E-state index >= 15 is 0 Å². The Balaban J connectivity index is 1.83. The Morgan fingerprint density at radius 3 is 2.71 bits per heavy atom. The van der Waals surface area contributed by atoms with Crippen molar-refractivity contribution in [2.24, 2.45) is 10.9 Å². The summed E-state index contributed by atoms with van der Waals surface area (Å²) in [6.45, 7) is 10.0. The molecule has 0 spiro atoms. The highest BCUT2D eigenvalue weighted by atomic mass is 79.9. The Bertz CT molecular complexity index is 514. The van der Waals surface area contributed by atoms with Crippen LogP contribution in [0.3, 0.4) is 0 Å². The summed E-state index contributed by atoms with van der Waals surface area (Å²) in [5.74, 6) is 1.54. The van der Waals surface area contributed by atoms with Gasteiger partial charge in [-0.2, -0.15) is 0 Å². The Kier molecular flexibility index (Phi) is 8.52. The van der Waals surface area contributed by atoms with Crippen molar-refractivity contribution in [3.8, 4) is 0 Å². The number of rotatable bonds is 7. The van der Waals surface area contributed by atoms with Gasteiger partial charge in [0, 0.05) is 47.5 Å². The zero-order valence-corrected chi connectivity index (χ0v) is 17.3. The molecule has 1 aromatic heterocycles. The predicted octanol–water partition coefficient (Wildman–Crippen LogP) is 2.92. The second kappa shape index (κ2) is 10.4. The van der Waals surface area contributed by atoms with Crippen LogP contribution in [0.15, 0.2) is 20.9 Å². The van der Waals surface area contributed by atoms with Gasteiger partial charge in [-0.25, -0.2) is 0 Å². The maximum Gasteiger partial charge on any atom is 0.191 e. The van der Waals surface area contributed by atoms with Crippen LogP contribution >= 0.6 is 27.3 Å². The largest absolute Gasteiger partial charge is 0.379 e. The molecule has 5 nitrogen and oxygen atoms in total. The fourth-order valence-corrected chi connectivity index (χ4v) is 4.29. The summed E-state index contributed by atoms with van der Waals surface area (Å²) in [5.41, 5.74) is 0. The molecule has 1 atom stereocenters. The molecule has 1 unspecified atom stereocenters. The zero-order valence-electron chi connectivity index (χ0n) is 14.8. The first-order valence-corrected chi connectivity index (χ1v) is 10.2. The maximum absolute atomic E-state index is 5.49. The first-order chi connectivity index (χ1) is 11.6. The molecule has 0 radical (unpaired) electrons. The van der Waals surface area contributed by atoms with Crippen LogP contribution < -0.4 is 10.6 Å². The van der Waals surface area contributed by atoms with Crippen molar-refractivity contribution in [3.05, 3.63) is 20.8 Å². The topological polar surface area (TPSA) is 48.9 Å². The molecule has 1 fully saturated rings. The molecule has 0 amide bonds. The molecule has 2 rings (SSSR count). The van der Waals surface area contributed by atoms with E-state index in [0.29, 0.717) is 12.0 Å². The molecule has 24 heavy (non-hydrogen) atoms. The number of nitrogens with zero attached hydrogens (tertiary/aromatic N) is 2. The Hall–Kier alpha value is -0.630. The van der Waals surface area contributed by atoms with Crippen molar-refractivity contribution < 1.29 is 4.74 Å². The van der Waals surface area contributed by atoms with E-state index in [0.717, 1.165) is 49.8 Å². The van der Waals surface area contributed by atoms with Gasteiger partial charge in [0.05, 0.1) is 19.8 Å². The molecule has 1 aliphatic heterocycles. The Labute approximate surface area is 158 Å². The monoisotopic (exact) mass is 416 g/mol. The minimum absolute atomic E-state index is 0.517. The third-order valence-electron chi connectivity index (χ3n) is 4.09. The molecule has 2 heterocycles. The third kappa shape index (κ3) is 6.70. The van der Waals surface area contributed by atoms with Crippen LogP contribution in [0.4, 0.5) is 0 Å². The highest BCUT2D eigenvalue weighted by Crippen LogP contribution is 2.19. The van der Waals surface area contributed by atoms with Gasteiger partial charge >= 0.3 is 0 Å². The summed E-state index contributed by atoms with van der Waals surface area (Å²) in [5, 5.41) is 9.00. The van der Waals surface area contributed by atoms with E-state index in [2.05, 4.69) is 61.7 Å². The van der Waals surface area contributed by atoms with Gasteiger partial charge in [0.25, 0.3) is 0 Å². The lowest BCUT2D eigenvalue weighted by Crippen LogP contribution is -2.50. The number of thiophene rings is 1. The van der Waals surface area contributed by atoms with Crippen molar-refractivity contribution in [2.75, 3.05) is 39.9 Å². The van der Waals surface area contributed by atoms with E-state index in [9.17, 15) is 0 Å². The number of morpholine rings is 1. The number of nitrogens with one attached hydrogen (secondary N) is 2. The van der Waals surface area contributed by atoms with Crippen LogP contribution in [-0.4, -0.2) is 56.8 Å². The highest BCUT2D eigenvalue weighted by molar-refractivity contribution is 9.10. The standard InChI is InChI=1S/C17H29BrN4OS/c1-13(2)8-15(22-4-6-23-7-5-22)10-20-17(19-3)21-11-16-9-14(18)12-24-16/h9,12-13,15H,4-8,10-11H2,1-3H3,(H2,19,20,21). The van der Waals surface area contributed by atoms with Gasteiger partial charge in [-0.3, -0.25) is 9.89 Å². The van der Waals surface area contributed by atoms with E-state index in [1.54, 1.807) is 11.3 Å².